The number of nitrogens with zero attached hydrogens (tertiary/aromatic N) is 3. The van der Waals surface area contributed by atoms with Gasteiger partial charge in [-0.25, -0.2) is 9.50 Å². The van der Waals surface area contributed by atoms with E-state index >= 15 is 0 Å². The van der Waals surface area contributed by atoms with Gasteiger partial charge in [-0.15, -0.1) is 0 Å². The summed E-state index contributed by atoms with van der Waals surface area (Å²) in [6, 6.07) is 3.85. The quantitative estimate of drug-likeness (QED) is 0.849. The maximum atomic E-state index is 11.6. The molecule has 0 aromatic carbocycles. The Labute approximate surface area is 134 Å². The van der Waals surface area contributed by atoms with Crippen LogP contribution in [-0.2, 0) is 14.3 Å². The standard InChI is InChI=1S/C16H22N4O3/c1-10(2)7-15(21)22-8-11-3-6-14(23-11)12-4-5-13-16(17)18-9-19-20(12)13/h4-5,9-11,14H,3,6-8H2,1-2H3,(H2,17,18,19). The average Bonchev–Trinajstić information content (AvgIpc) is 3.11. The predicted molar refractivity (Wildman–Crippen MR) is 84.7 cm³/mol. The summed E-state index contributed by atoms with van der Waals surface area (Å²) in [6.07, 6.45) is 3.46. The average molecular weight is 318 g/mol. The largest absolute Gasteiger partial charge is 0.463 e. The van der Waals surface area contributed by atoms with Crippen molar-refractivity contribution in [3.05, 3.63) is 24.2 Å². The molecule has 2 unspecified atom stereocenters. The molecule has 1 saturated heterocycles. The SMILES string of the molecule is CC(C)CC(=O)OCC1CCC(c2ccc3c(N)ncnn23)O1. The van der Waals surface area contributed by atoms with Gasteiger partial charge in [0.05, 0.1) is 11.8 Å². The van der Waals surface area contributed by atoms with Crippen molar-refractivity contribution in [2.45, 2.75) is 45.3 Å². The lowest BCUT2D eigenvalue weighted by Gasteiger charge is -2.14. The normalized spacial score (nSPS) is 21.2. The summed E-state index contributed by atoms with van der Waals surface area (Å²) in [6.45, 7) is 4.30. The number of nitrogen functional groups attached to an aromatic ring is 1. The molecule has 1 aliphatic heterocycles. The van der Waals surface area contributed by atoms with E-state index in [0.29, 0.717) is 24.8 Å². The number of rotatable bonds is 5. The van der Waals surface area contributed by atoms with E-state index in [9.17, 15) is 4.79 Å². The summed E-state index contributed by atoms with van der Waals surface area (Å²) < 4.78 is 13.1. The van der Waals surface area contributed by atoms with E-state index in [4.69, 9.17) is 15.2 Å². The van der Waals surface area contributed by atoms with E-state index in [1.807, 2.05) is 26.0 Å². The highest BCUT2D eigenvalue weighted by molar-refractivity contribution is 5.69. The Balaban J connectivity index is 1.61. The highest BCUT2D eigenvalue weighted by Crippen LogP contribution is 2.33. The van der Waals surface area contributed by atoms with Crippen LogP contribution < -0.4 is 5.73 Å². The maximum absolute atomic E-state index is 11.6. The second-order valence-corrected chi connectivity index (χ2v) is 6.31. The Morgan fingerprint density at radius 2 is 2.30 bits per heavy atom. The second kappa shape index (κ2) is 6.54. The summed E-state index contributed by atoms with van der Waals surface area (Å²) >= 11 is 0. The zero-order chi connectivity index (χ0) is 16.4. The third kappa shape index (κ3) is 3.44. The molecule has 0 radical (unpaired) electrons. The van der Waals surface area contributed by atoms with Crippen molar-refractivity contribution in [1.29, 1.82) is 0 Å². The molecule has 0 aliphatic carbocycles. The van der Waals surface area contributed by atoms with Crippen LogP contribution in [0.15, 0.2) is 18.5 Å². The van der Waals surface area contributed by atoms with Crippen molar-refractivity contribution in [2.24, 2.45) is 5.92 Å². The van der Waals surface area contributed by atoms with Gasteiger partial charge < -0.3 is 15.2 Å². The van der Waals surface area contributed by atoms with Gasteiger partial charge in [0.25, 0.3) is 0 Å². The Morgan fingerprint density at radius 3 is 3.09 bits per heavy atom. The molecule has 3 rings (SSSR count). The number of aromatic nitrogens is 3. The molecular formula is C16H22N4O3. The zero-order valence-corrected chi connectivity index (χ0v) is 13.4. The molecule has 2 atom stereocenters. The molecule has 7 nitrogen and oxygen atoms in total. The maximum Gasteiger partial charge on any atom is 0.306 e. The van der Waals surface area contributed by atoms with Crippen molar-refractivity contribution < 1.29 is 14.3 Å². The summed E-state index contributed by atoms with van der Waals surface area (Å²) in [5, 5.41) is 4.24. The van der Waals surface area contributed by atoms with Crippen LogP contribution in [-0.4, -0.2) is 33.3 Å². The van der Waals surface area contributed by atoms with Crippen molar-refractivity contribution in [2.75, 3.05) is 12.3 Å². The highest BCUT2D eigenvalue weighted by Gasteiger charge is 2.29. The van der Waals surface area contributed by atoms with Gasteiger partial charge in [-0.3, -0.25) is 4.79 Å². The number of esters is 1. The molecule has 2 aromatic rings. The van der Waals surface area contributed by atoms with Gasteiger partial charge in [0, 0.05) is 6.42 Å². The first-order chi connectivity index (χ1) is 11.0. The molecule has 2 N–H and O–H groups in total. The number of fused-ring (bicyclic) bond motifs is 1. The summed E-state index contributed by atoms with van der Waals surface area (Å²) in [4.78, 5) is 15.6. The van der Waals surface area contributed by atoms with Crippen LogP contribution in [0.5, 0.6) is 0 Å². The van der Waals surface area contributed by atoms with Crippen LogP contribution >= 0.6 is 0 Å². The van der Waals surface area contributed by atoms with Gasteiger partial charge >= 0.3 is 5.97 Å². The molecule has 1 aliphatic rings. The second-order valence-electron chi connectivity index (χ2n) is 6.31. The van der Waals surface area contributed by atoms with E-state index in [2.05, 4.69) is 10.1 Å². The van der Waals surface area contributed by atoms with Crippen LogP contribution in [0.2, 0.25) is 0 Å². The Kier molecular flexibility index (Phi) is 4.47. The lowest BCUT2D eigenvalue weighted by Crippen LogP contribution is -2.19. The van der Waals surface area contributed by atoms with Crippen molar-refractivity contribution >= 4 is 17.3 Å². The fourth-order valence-corrected chi connectivity index (χ4v) is 2.84. The van der Waals surface area contributed by atoms with E-state index < -0.39 is 0 Å². The highest BCUT2D eigenvalue weighted by atomic mass is 16.6. The van der Waals surface area contributed by atoms with Crippen LogP contribution in [0.25, 0.3) is 5.52 Å². The van der Waals surface area contributed by atoms with Gasteiger partial charge in [0.2, 0.25) is 0 Å². The lowest BCUT2D eigenvalue weighted by atomic mass is 10.1. The van der Waals surface area contributed by atoms with Gasteiger partial charge in [0.15, 0.2) is 5.82 Å². The van der Waals surface area contributed by atoms with Crippen molar-refractivity contribution in [3.63, 3.8) is 0 Å². The van der Waals surface area contributed by atoms with Crippen LogP contribution in [0.1, 0.15) is 44.9 Å². The van der Waals surface area contributed by atoms with Crippen molar-refractivity contribution in [3.8, 4) is 0 Å². The summed E-state index contributed by atoms with van der Waals surface area (Å²) in [5.41, 5.74) is 7.57. The van der Waals surface area contributed by atoms with Gasteiger partial charge in [-0.1, -0.05) is 13.8 Å². The third-order valence-corrected chi connectivity index (χ3v) is 3.95. The molecule has 7 heteroatoms. The molecule has 23 heavy (non-hydrogen) atoms. The molecule has 0 bridgehead atoms. The monoisotopic (exact) mass is 318 g/mol. The molecule has 0 spiro atoms. The number of hydrogen-bond acceptors (Lipinski definition) is 6. The molecule has 124 valence electrons. The molecule has 1 fully saturated rings. The molecule has 2 aromatic heterocycles. The first-order valence-electron chi connectivity index (χ1n) is 7.93. The smallest absolute Gasteiger partial charge is 0.306 e. The van der Waals surface area contributed by atoms with Gasteiger partial charge in [-0.05, 0) is 30.9 Å². The minimum atomic E-state index is -0.166. The van der Waals surface area contributed by atoms with Crippen LogP contribution in [0, 0.1) is 5.92 Å². The first kappa shape index (κ1) is 15.7. The van der Waals surface area contributed by atoms with Crippen LogP contribution in [0.4, 0.5) is 5.82 Å². The lowest BCUT2D eigenvalue weighted by molar-refractivity contribution is -0.148. The zero-order valence-electron chi connectivity index (χ0n) is 13.4. The molecule has 0 amide bonds. The van der Waals surface area contributed by atoms with E-state index in [1.165, 1.54) is 6.33 Å². The number of nitrogens with two attached hydrogens (primary N) is 1. The predicted octanol–water partition coefficient (Wildman–Crippen LogP) is 2.12. The number of hydrogen-bond donors (Lipinski definition) is 1. The number of ether oxygens (including phenoxy) is 2. The Morgan fingerprint density at radius 1 is 1.48 bits per heavy atom. The molecular weight excluding hydrogens is 296 g/mol. The number of carbonyl (C=O) groups is 1. The number of anilines is 1. The fourth-order valence-electron chi connectivity index (χ4n) is 2.84. The van der Waals surface area contributed by atoms with E-state index in [0.717, 1.165) is 24.1 Å². The van der Waals surface area contributed by atoms with E-state index in [1.54, 1.807) is 4.52 Å². The van der Waals surface area contributed by atoms with Crippen molar-refractivity contribution in [1.82, 2.24) is 14.6 Å². The molecule has 0 saturated carbocycles. The minimum absolute atomic E-state index is 0.0687. The number of carbonyl (C=O) groups excluding carboxylic acids is 1. The molecule has 3 heterocycles. The topological polar surface area (TPSA) is 91.7 Å². The summed E-state index contributed by atoms with van der Waals surface area (Å²) in [5.74, 6) is 0.584. The Hall–Kier alpha value is -2.15. The fraction of sp³-hybridized carbons (Fsp3) is 0.562. The minimum Gasteiger partial charge on any atom is -0.463 e. The van der Waals surface area contributed by atoms with Gasteiger partial charge in [0.1, 0.15) is 24.6 Å². The van der Waals surface area contributed by atoms with E-state index in [-0.39, 0.29) is 18.2 Å². The van der Waals surface area contributed by atoms with Gasteiger partial charge in [-0.2, -0.15) is 5.10 Å². The summed E-state index contributed by atoms with van der Waals surface area (Å²) in [7, 11) is 0. The third-order valence-electron chi connectivity index (χ3n) is 3.95. The van der Waals surface area contributed by atoms with Crippen LogP contribution in [0.3, 0.4) is 0 Å². The Bertz CT molecular complexity index is 698. The first-order valence-corrected chi connectivity index (χ1v) is 7.93.